The van der Waals surface area contributed by atoms with Crippen LogP contribution in [0.1, 0.15) is 23.5 Å². The molecule has 1 N–H and O–H groups in total. The second-order valence-electron chi connectivity index (χ2n) is 7.38. The minimum atomic E-state index is -0.303. The van der Waals surface area contributed by atoms with Crippen molar-refractivity contribution in [2.75, 3.05) is 12.0 Å². The number of thiocarbonyl (C=S) groups is 1. The Balaban J connectivity index is 1.61. The SMILES string of the molecule is COc1ccccc1N1C(=S)NC(c2ccccn2)C1c1ccc(-c2ccc(F)cc2)o1. The van der Waals surface area contributed by atoms with Crippen LogP contribution in [-0.4, -0.2) is 17.2 Å². The monoisotopic (exact) mass is 445 g/mol. The summed E-state index contributed by atoms with van der Waals surface area (Å²) in [7, 11) is 1.64. The number of para-hydroxylation sites is 2. The quantitative estimate of drug-likeness (QED) is 0.400. The lowest BCUT2D eigenvalue weighted by molar-refractivity contribution is 0.409. The van der Waals surface area contributed by atoms with E-state index in [0.717, 1.165) is 16.9 Å². The van der Waals surface area contributed by atoms with Gasteiger partial charge in [0.2, 0.25) is 0 Å². The minimum Gasteiger partial charge on any atom is -0.495 e. The van der Waals surface area contributed by atoms with Crippen molar-refractivity contribution in [1.82, 2.24) is 10.3 Å². The third kappa shape index (κ3) is 3.61. The van der Waals surface area contributed by atoms with Crippen molar-refractivity contribution in [2.24, 2.45) is 0 Å². The number of anilines is 1. The highest BCUT2D eigenvalue weighted by atomic mass is 32.1. The third-order valence-corrected chi connectivity index (χ3v) is 5.80. The smallest absolute Gasteiger partial charge is 0.174 e. The van der Waals surface area contributed by atoms with Crippen molar-refractivity contribution >= 4 is 23.0 Å². The van der Waals surface area contributed by atoms with Crippen molar-refractivity contribution in [3.05, 3.63) is 102 Å². The van der Waals surface area contributed by atoms with E-state index in [4.69, 9.17) is 21.4 Å². The number of methoxy groups -OCH3 is 1. The Morgan fingerprint density at radius 1 is 1.00 bits per heavy atom. The lowest BCUT2D eigenvalue weighted by Gasteiger charge is -2.27. The van der Waals surface area contributed by atoms with Crippen LogP contribution in [0.3, 0.4) is 0 Å². The molecule has 0 aliphatic carbocycles. The van der Waals surface area contributed by atoms with Crippen LogP contribution in [0.25, 0.3) is 11.3 Å². The molecule has 32 heavy (non-hydrogen) atoms. The predicted octanol–water partition coefficient (Wildman–Crippen LogP) is 5.67. The first-order chi connectivity index (χ1) is 15.7. The normalized spacial score (nSPS) is 17.9. The number of hydrogen-bond donors (Lipinski definition) is 1. The Bertz CT molecular complexity index is 1240. The van der Waals surface area contributed by atoms with Gasteiger partial charge in [-0.05, 0) is 72.9 Å². The predicted molar refractivity (Wildman–Crippen MR) is 125 cm³/mol. The van der Waals surface area contributed by atoms with Crippen molar-refractivity contribution < 1.29 is 13.5 Å². The van der Waals surface area contributed by atoms with E-state index in [2.05, 4.69) is 10.3 Å². The molecule has 0 radical (unpaired) electrons. The largest absolute Gasteiger partial charge is 0.495 e. The number of rotatable bonds is 5. The molecule has 1 saturated heterocycles. The van der Waals surface area contributed by atoms with Gasteiger partial charge in [-0.15, -0.1) is 0 Å². The molecular formula is C25H20FN3O2S. The summed E-state index contributed by atoms with van der Waals surface area (Å²) >= 11 is 5.75. The number of benzene rings is 2. The van der Waals surface area contributed by atoms with E-state index in [-0.39, 0.29) is 17.9 Å². The molecule has 4 aromatic rings. The van der Waals surface area contributed by atoms with Gasteiger partial charge in [-0.3, -0.25) is 4.98 Å². The van der Waals surface area contributed by atoms with Crippen LogP contribution in [0.5, 0.6) is 5.75 Å². The van der Waals surface area contributed by atoms with Crippen molar-refractivity contribution in [3.63, 3.8) is 0 Å². The molecule has 1 aliphatic heterocycles. The lowest BCUT2D eigenvalue weighted by atomic mass is 10.0. The van der Waals surface area contributed by atoms with Gasteiger partial charge in [0, 0.05) is 11.8 Å². The average Bonchev–Trinajstić information content (AvgIpc) is 3.44. The maximum atomic E-state index is 13.4. The van der Waals surface area contributed by atoms with Gasteiger partial charge >= 0.3 is 0 Å². The lowest BCUT2D eigenvalue weighted by Crippen LogP contribution is -2.29. The number of aromatic nitrogens is 1. The molecule has 2 aromatic carbocycles. The first-order valence-corrected chi connectivity index (χ1v) is 10.6. The summed E-state index contributed by atoms with van der Waals surface area (Å²) in [4.78, 5) is 6.55. The zero-order chi connectivity index (χ0) is 22.1. The number of hydrogen-bond acceptors (Lipinski definition) is 4. The minimum absolute atomic E-state index is 0.235. The van der Waals surface area contributed by atoms with E-state index in [1.165, 1.54) is 12.1 Å². The van der Waals surface area contributed by atoms with Gasteiger partial charge in [-0.25, -0.2) is 4.39 Å². The summed E-state index contributed by atoms with van der Waals surface area (Å²) in [6, 6.07) is 23.0. The van der Waals surface area contributed by atoms with Crippen LogP contribution in [0.4, 0.5) is 10.1 Å². The zero-order valence-electron chi connectivity index (χ0n) is 17.2. The number of halogens is 1. The molecule has 1 aliphatic rings. The van der Waals surface area contributed by atoms with Gasteiger partial charge in [-0.2, -0.15) is 0 Å². The molecule has 2 atom stereocenters. The number of nitrogens with one attached hydrogen (secondary N) is 1. The van der Waals surface area contributed by atoms with Gasteiger partial charge in [0.15, 0.2) is 5.11 Å². The summed E-state index contributed by atoms with van der Waals surface area (Å²) in [5.41, 5.74) is 2.47. The van der Waals surface area contributed by atoms with Gasteiger partial charge in [0.1, 0.15) is 29.1 Å². The fourth-order valence-corrected chi connectivity index (χ4v) is 4.35. The molecule has 0 spiro atoms. The van der Waals surface area contributed by atoms with E-state index < -0.39 is 0 Å². The molecule has 2 aromatic heterocycles. The highest BCUT2D eigenvalue weighted by Gasteiger charge is 2.43. The second kappa shape index (κ2) is 8.43. The van der Waals surface area contributed by atoms with E-state index in [1.54, 1.807) is 25.4 Å². The molecule has 1 fully saturated rings. The first-order valence-electron chi connectivity index (χ1n) is 10.1. The van der Waals surface area contributed by atoms with Crippen LogP contribution < -0.4 is 15.0 Å². The Kier molecular flexibility index (Phi) is 5.33. The highest BCUT2D eigenvalue weighted by Crippen LogP contribution is 2.45. The molecule has 3 heterocycles. The number of pyridine rings is 1. The third-order valence-electron chi connectivity index (χ3n) is 5.49. The average molecular weight is 446 g/mol. The standard InChI is InChI=1S/C25H20FN3O2S/c1-30-21-8-3-2-7-19(21)29-24(23(28-25(29)32)18-6-4-5-15-27-18)22-14-13-20(31-22)16-9-11-17(26)12-10-16/h2-15,23-24H,1H3,(H,28,32). The second-order valence-corrected chi connectivity index (χ2v) is 7.76. The molecule has 2 unspecified atom stereocenters. The fraction of sp³-hybridized carbons (Fsp3) is 0.120. The van der Waals surface area contributed by atoms with Crippen LogP contribution in [-0.2, 0) is 0 Å². The molecular weight excluding hydrogens is 425 g/mol. The highest BCUT2D eigenvalue weighted by molar-refractivity contribution is 7.80. The van der Waals surface area contributed by atoms with Gasteiger partial charge in [0.05, 0.1) is 24.5 Å². The Hall–Kier alpha value is -3.71. The fourth-order valence-electron chi connectivity index (χ4n) is 4.01. The topological polar surface area (TPSA) is 50.5 Å². The van der Waals surface area contributed by atoms with Crippen LogP contribution in [0, 0.1) is 5.82 Å². The summed E-state index contributed by atoms with van der Waals surface area (Å²) in [6.45, 7) is 0. The number of ether oxygens (including phenoxy) is 1. The Labute approximate surface area is 190 Å². The number of nitrogens with zero attached hydrogens (tertiary/aromatic N) is 2. The van der Waals surface area contributed by atoms with E-state index >= 15 is 0 Å². The van der Waals surface area contributed by atoms with Gasteiger partial charge in [0.25, 0.3) is 0 Å². The summed E-state index contributed by atoms with van der Waals surface area (Å²) < 4.78 is 25.3. The Morgan fingerprint density at radius 2 is 1.78 bits per heavy atom. The Morgan fingerprint density at radius 3 is 2.53 bits per heavy atom. The molecule has 7 heteroatoms. The van der Waals surface area contributed by atoms with Crippen molar-refractivity contribution in [3.8, 4) is 17.1 Å². The number of furan rings is 1. The van der Waals surface area contributed by atoms with E-state index in [1.807, 2.05) is 59.5 Å². The molecule has 0 saturated carbocycles. The molecule has 5 rings (SSSR count). The van der Waals surface area contributed by atoms with Gasteiger partial charge in [-0.1, -0.05) is 18.2 Å². The van der Waals surface area contributed by atoms with Crippen molar-refractivity contribution in [2.45, 2.75) is 12.1 Å². The molecule has 5 nitrogen and oxygen atoms in total. The summed E-state index contributed by atoms with van der Waals surface area (Å²) in [5, 5.41) is 3.96. The summed E-state index contributed by atoms with van der Waals surface area (Å²) in [6.07, 6.45) is 1.76. The van der Waals surface area contributed by atoms with Crippen LogP contribution in [0.2, 0.25) is 0 Å². The molecule has 0 bridgehead atoms. The summed E-state index contributed by atoms with van der Waals surface area (Å²) in [5.74, 6) is 1.77. The van der Waals surface area contributed by atoms with E-state index in [9.17, 15) is 4.39 Å². The zero-order valence-corrected chi connectivity index (χ0v) is 18.1. The maximum Gasteiger partial charge on any atom is 0.174 e. The maximum absolute atomic E-state index is 13.4. The van der Waals surface area contributed by atoms with Crippen LogP contribution in [0.15, 0.2) is 89.5 Å². The van der Waals surface area contributed by atoms with Crippen LogP contribution >= 0.6 is 12.2 Å². The first kappa shape index (κ1) is 20.2. The molecule has 160 valence electrons. The van der Waals surface area contributed by atoms with Gasteiger partial charge < -0.3 is 19.4 Å². The van der Waals surface area contributed by atoms with Crippen molar-refractivity contribution in [1.29, 1.82) is 0 Å². The molecule has 0 amide bonds. The van der Waals surface area contributed by atoms with E-state index in [0.29, 0.717) is 22.4 Å².